The molecule has 0 fully saturated rings. The van der Waals surface area contributed by atoms with E-state index in [0.717, 1.165) is 24.3 Å². The van der Waals surface area contributed by atoms with Crippen molar-refractivity contribution in [3.8, 4) is 5.75 Å². The molecule has 4 nitrogen and oxygen atoms in total. The number of ether oxygens (including phenoxy) is 1. The molecule has 2 aromatic carbocycles. The van der Waals surface area contributed by atoms with Crippen molar-refractivity contribution in [1.29, 1.82) is 0 Å². The molecule has 1 amide bonds. The van der Waals surface area contributed by atoms with E-state index in [1.807, 2.05) is 32.3 Å². The molecule has 1 unspecified atom stereocenters. The van der Waals surface area contributed by atoms with Crippen molar-refractivity contribution in [2.24, 2.45) is 0 Å². The second-order valence-electron chi connectivity index (χ2n) is 6.55. The van der Waals surface area contributed by atoms with Gasteiger partial charge in [-0.05, 0) is 49.0 Å². The van der Waals surface area contributed by atoms with Gasteiger partial charge in [0.25, 0.3) is 0 Å². The number of likely N-dealkylation sites (N-methyl/N-ethyl adjacent to an activating group) is 1. The third-order valence-electron chi connectivity index (χ3n) is 4.49. The zero-order chi connectivity index (χ0) is 17.8. The molecule has 1 heterocycles. The van der Waals surface area contributed by atoms with Gasteiger partial charge in [-0.1, -0.05) is 35.9 Å². The monoisotopic (exact) mass is 358 g/mol. The van der Waals surface area contributed by atoms with E-state index in [-0.39, 0.29) is 11.9 Å². The van der Waals surface area contributed by atoms with E-state index in [9.17, 15) is 4.79 Å². The number of halogens is 1. The molecule has 25 heavy (non-hydrogen) atoms. The van der Waals surface area contributed by atoms with Gasteiger partial charge in [-0.25, -0.2) is 0 Å². The van der Waals surface area contributed by atoms with Crippen LogP contribution < -0.4 is 10.1 Å². The fourth-order valence-electron chi connectivity index (χ4n) is 3.07. The van der Waals surface area contributed by atoms with E-state index >= 15 is 0 Å². The van der Waals surface area contributed by atoms with Crippen molar-refractivity contribution < 1.29 is 9.53 Å². The summed E-state index contributed by atoms with van der Waals surface area (Å²) in [5, 5.41) is 3.73. The number of hydrogen-bond acceptors (Lipinski definition) is 3. The topological polar surface area (TPSA) is 41.6 Å². The van der Waals surface area contributed by atoms with Crippen molar-refractivity contribution in [2.75, 3.05) is 27.2 Å². The zero-order valence-corrected chi connectivity index (χ0v) is 15.3. The maximum Gasteiger partial charge on any atom is 0.224 e. The minimum Gasteiger partial charge on any atom is -0.493 e. The van der Waals surface area contributed by atoms with Crippen molar-refractivity contribution in [1.82, 2.24) is 10.2 Å². The number of amides is 1. The Morgan fingerprint density at radius 3 is 2.72 bits per heavy atom. The second-order valence-corrected chi connectivity index (χ2v) is 6.99. The number of carbonyl (C=O) groups excluding carboxylic acids is 1. The Morgan fingerprint density at radius 2 is 2.00 bits per heavy atom. The summed E-state index contributed by atoms with van der Waals surface area (Å²) in [6.07, 6.45) is 1.31. The third-order valence-corrected chi connectivity index (χ3v) is 4.74. The first-order chi connectivity index (χ1) is 12.0. The van der Waals surface area contributed by atoms with E-state index in [1.165, 1.54) is 11.1 Å². The van der Waals surface area contributed by atoms with Crippen molar-refractivity contribution in [3.63, 3.8) is 0 Å². The average Bonchev–Trinajstić information content (AvgIpc) is 3.04. The maximum absolute atomic E-state index is 12.3. The predicted octanol–water partition coefficient (Wildman–Crippen LogP) is 3.24. The normalized spacial score (nSPS) is 14.1. The van der Waals surface area contributed by atoms with Crippen LogP contribution in [0.25, 0.3) is 0 Å². The molecule has 0 saturated carbocycles. The summed E-state index contributed by atoms with van der Waals surface area (Å²) < 4.78 is 5.57. The molecule has 3 rings (SSSR count). The molecule has 0 bridgehead atoms. The van der Waals surface area contributed by atoms with Crippen LogP contribution >= 0.6 is 11.6 Å². The van der Waals surface area contributed by atoms with Gasteiger partial charge in [0.05, 0.1) is 19.1 Å². The van der Waals surface area contributed by atoms with Crippen LogP contribution in [0.1, 0.15) is 22.7 Å². The van der Waals surface area contributed by atoms with Crippen LogP contribution in [0.3, 0.4) is 0 Å². The highest BCUT2D eigenvalue weighted by Gasteiger charge is 2.19. The fourth-order valence-corrected chi connectivity index (χ4v) is 3.20. The second kappa shape index (κ2) is 7.89. The lowest BCUT2D eigenvalue weighted by Crippen LogP contribution is -2.35. The Labute approximate surface area is 153 Å². The Balaban J connectivity index is 1.62. The lowest BCUT2D eigenvalue weighted by atomic mass is 10.0. The zero-order valence-electron chi connectivity index (χ0n) is 14.6. The highest BCUT2D eigenvalue weighted by atomic mass is 35.5. The van der Waals surface area contributed by atoms with Gasteiger partial charge < -0.3 is 15.0 Å². The van der Waals surface area contributed by atoms with E-state index in [2.05, 4.69) is 22.3 Å². The first-order valence-electron chi connectivity index (χ1n) is 8.46. The Morgan fingerprint density at radius 1 is 1.24 bits per heavy atom. The van der Waals surface area contributed by atoms with Gasteiger partial charge in [-0.2, -0.15) is 0 Å². The summed E-state index contributed by atoms with van der Waals surface area (Å²) in [6.45, 7) is 1.32. The lowest BCUT2D eigenvalue weighted by Gasteiger charge is -2.25. The quantitative estimate of drug-likeness (QED) is 0.862. The van der Waals surface area contributed by atoms with E-state index in [4.69, 9.17) is 16.3 Å². The van der Waals surface area contributed by atoms with Crippen LogP contribution in [-0.2, 0) is 17.6 Å². The van der Waals surface area contributed by atoms with Gasteiger partial charge in [0, 0.05) is 18.0 Å². The molecule has 1 aliphatic heterocycles. The molecule has 0 aromatic heterocycles. The summed E-state index contributed by atoms with van der Waals surface area (Å²) in [4.78, 5) is 14.4. The van der Waals surface area contributed by atoms with Crippen LogP contribution in [0.5, 0.6) is 5.75 Å². The molecule has 2 aromatic rings. The number of rotatable bonds is 6. The predicted molar refractivity (Wildman–Crippen MR) is 100 cm³/mol. The van der Waals surface area contributed by atoms with Crippen molar-refractivity contribution in [3.05, 3.63) is 64.2 Å². The van der Waals surface area contributed by atoms with Crippen molar-refractivity contribution in [2.45, 2.75) is 18.9 Å². The smallest absolute Gasteiger partial charge is 0.224 e. The molecular formula is C20H23ClN2O2. The highest BCUT2D eigenvalue weighted by molar-refractivity contribution is 6.30. The summed E-state index contributed by atoms with van der Waals surface area (Å²) in [5.74, 6) is 0.992. The first-order valence-corrected chi connectivity index (χ1v) is 8.84. The summed E-state index contributed by atoms with van der Waals surface area (Å²) in [7, 11) is 4.06. The minimum absolute atomic E-state index is 0.0127. The number of carbonyl (C=O) groups is 1. The van der Waals surface area contributed by atoms with Gasteiger partial charge in [0.2, 0.25) is 5.91 Å². The Hall–Kier alpha value is -2.04. The highest BCUT2D eigenvalue weighted by Crippen LogP contribution is 2.29. The number of hydrogen-bond donors (Lipinski definition) is 1. The Kier molecular flexibility index (Phi) is 5.61. The first kappa shape index (κ1) is 17.8. The standard InChI is InChI=1S/C20H23ClN2O2/c1-23(2)18(15-5-8-19-16(12-15)9-10-25-19)13-22-20(24)11-14-3-6-17(21)7-4-14/h3-8,12,18H,9-11,13H2,1-2H3,(H,22,24). The molecule has 0 spiro atoms. The van der Waals surface area contributed by atoms with Crippen LogP contribution in [0.15, 0.2) is 42.5 Å². The summed E-state index contributed by atoms with van der Waals surface area (Å²) in [6, 6.07) is 13.8. The van der Waals surface area contributed by atoms with Crippen LogP contribution in [0.2, 0.25) is 5.02 Å². The van der Waals surface area contributed by atoms with Gasteiger partial charge in [0.1, 0.15) is 5.75 Å². The minimum atomic E-state index is 0.0127. The van der Waals surface area contributed by atoms with Gasteiger partial charge in [-0.15, -0.1) is 0 Å². The van der Waals surface area contributed by atoms with E-state index in [0.29, 0.717) is 18.0 Å². The largest absolute Gasteiger partial charge is 0.493 e. The maximum atomic E-state index is 12.3. The molecule has 0 aliphatic carbocycles. The number of nitrogens with zero attached hydrogens (tertiary/aromatic N) is 1. The number of fused-ring (bicyclic) bond motifs is 1. The summed E-state index contributed by atoms with van der Waals surface area (Å²) in [5.41, 5.74) is 3.40. The van der Waals surface area contributed by atoms with E-state index in [1.54, 1.807) is 12.1 Å². The summed E-state index contributed by atoms with van der Waals surface area (Å²) >= 11 is 5.88. The molecule has 0 saturated heterocycles. The molecule has 132 valence electrons. The van der Waals surface area contributed by atoms with Gasteiger partial charge >= 0.3 is 0 Å². The molecule has 1 N–H and O–H groups in total. The number of nitrogens with one attached hydrogen (secondary N) is 1. The lowest BCUT2D eigenvalue weighted by molar-refractivity contribution is -0.120. The van der Waals surface area contributed by atoms with Crippen LogP contribution in [0.4, 0.5) is 0 Å². The third kappa shape index (κ3) is 4.53. The molecule has 0 radical (unpaired) electrons. The molecule has 1 atom stereocenters. The molecule has 5 heteroatoms. The molecule has 1 aliphatic rings. The van der Waals surface area contributed by atoms with Crippen LogP contribution in [0, 0.1) is 0 Å². The number of benzene rings is 2. The van der Waals surface area contributed by atoms with Gasteiger partial charge in [0.15, 0.2) is 0 Å². The van der Waals surface area contributed by atoms with Crippen LogP contribution in [-0.4, -0.2) is 38.1 Å². The Bertz CT molecular complexity index is 744. The van der Waals surface area contributed by atoms with Crippen molar-refractivity contribution >= 4 is 17.5 Å². The van der Waals surface area contributed by atoms with E-state index < -0.39 is 0 Å². The SMILES string of the molecule is CN(C)C(CNC(=O)Cc1ccc(Cl)cc1)c1ccc2c(c1)CCO2. The average molecular weight is 359 g/mol. The van der Waals surface area contributed by atoms with Gasteiger partial charge in [-0.3, -0.25) is 4.79 Å². The fraction of sp³-hybridized carbons (Fsp3) is 0.350. The molecular weight excluding hydrogens is 336 g/mol.